The second-order valence-electron chi connectivity index (χ2n) is 7.01. The fourth-order valence-corrected chi connectivity index (χ4v) is 3.35. The average molecular weight is 371 g/mol. The first-order chi connectivity index (χ1) is 13.0. The second kappa shape index (κ2) is 8.79. The van der Waals surface area contributed by atoms with Crippen molar-refractivity contribution in [2.24, 2.45) is 0 Å². The van der Waals surface area contributed by atoms with E-state index in [4.69, 9.17) is 4.74 Å². The molecule has 3 rings (SSSR count). The molecule has 0 aliphatic heterocycles. The summed E-state index contributed by atoms with van der Waals surface area (Å²) < 4.78 is 5.22. The molecule has 1 aromatic carbocycles. The van der Waals surface area contributed by atoms with E-state index in [2.05, 4.69) is 15.3 Å². The van der Waals surface area contributed by atoms with Gasteiger partial charge in [-0.2, -0.15) is 0 Å². The molecule has 2 N–H and O–H groups in total. The van der Waals surface area contributed by atoms with Crippen molar-refractivity contribution in [2.75, 3.05) is 0 Å². The largest absolute Gasteiger partial charge is 0.453 e. The van der Waals surface area contributed by atoms with Crippen LogP contribution in [0.15, 0.2) is 29.1 Å². The number of rotatable bonds is 6. The molecule has 1 aliphatic rings. The van der Waals surface area contributed by atoms with E-state index in [9.17, 15) is 14.4 Å². The molecule has 0 saturated heterocycles. The number of ether oxygens (including phenoxy) is 1. The zero-order chi connectivity index (χ0) is 19.2. The molecule has 1 heterocycles. The third-order valence-electron chi connectivity index (χ3n) is 4.86. The van der Waals surface area contributed by atoms with Crippen molar-refractivity contribution in [1.29, 1.82) is 0 Å². The van der Waals surface area contributed by atoms with Gasteiger partial charge in [0.2, 0.25) is 0 Å². The highest BCUT2D eigenvalue weighted by Gasteiger charge is 2.22. The van der Waals surface area contributed by atoms with Crippen LogP contribution in [-0.4, -0.2) is 34.0 Å². The van der Waals surface area contributed by atoms with Gasteiger partial charge in [0, 0.05) is 12.5 Å². The second-order valence-corrected chi connectivity index (χ2v) is 7.01. The van der Waals surface area contributed by atoms with Gasteiger partial charge in [0.15, 0.2) is 6.10 Å². The number of hydrogen-bond donors (Lipinski definition) is 2. The summed E-state index contributed by atoms with van der Waals surface area (Å²) in [5, 5.41) is 3.46. The minimum absolute atomic E-state index is 0.0440. The number of fused-ring (bicyclic) bond motifs is 1. The first kappa shape index (κ1) is 19.1. The van der Waals surface area contributed by atoms with E-state index in [0.29, 0.717) is 16.7 Å². The van der Waals surface area contributed by atoms with E-state index in [1.165, 1.54) is 6.42 Å². The Morgan fingerprint density at radius 3 is 2.78 bits per heavy atom. The minimum atomic E-state index is -0.831. The molecule has 1 amide bonds. The van der Waals surface area contributed by atoms with Crippen LogP contribution in [0, 0.1) is 0 Å². The summed E-state index contributed by atoms with van der Waals surface area (Å²) in [6.07, 6.45) is 4.87. The van der Waals surface area contributed by atoms with Crippen molar-refractivity contribution in [1.82, 2.24) is 15.3 Å². The third kappa shape index (κ3) is 5.15. The van der Waals surface area contributed by atoms with Crippen molar-refractivity contribution in [3.8, 4) is 0 Å². The predicted octanol–water partition coefficient (Wildman–Crippen LogP) is 2.24. The Kier molecular flexibility index (Phi) is 6.21. The molecule has 27 heavy (non-hydrogen) atoms. The number of hydrogen-bond acceptors (Lipinski definition) is 5. The number of nitrogens with one attached hydrogen (secondary N) is 2. The molecule has 1 aliphatic carbocycles. The zero-order valence-corrected chi connectivity index (χ0v) is 15.5. The number of benzene rings is 1. The quantitative estimate of drug-likeness (QED) is 0.759. The molecule has 144 valence electrons. The smallest absolute Gasteiger partial charge is 0.307 e. The Morgan fingerprint density at radius 1 is 1.26 bits per heavy atom. The Balaban J connectivity index is 1.50. The fraction of sp³-hybridized carbons (Fsp3) is 0.500. The molecule has 7 nitrogen and oxygen atoms in total. The zero-order valence-electron chi connectivity index (χ0n) is 15.5. The SMILES string of the molecule is C[C@@H](OC(=O)CCc1nc2ccccc2c(=O)[nH]1)C(=O)NC1CCCCC1. The van der Waals surface area contributed by atoms with Gasteiger partial charge in [-0.05, 0) is 31.9 Å². The van der Waals surface area contributed by atoms with E-state index in [1.54, 1.807) is 31.2 Å². The lowest BCUT2D eigenvalue weighted by molar-refractivity contribution is -0.155. The number of para-hydroxylation sites is 1. The van der Waals surface area contributed by atoms with Gasteiger partial charge in [-0.3, -0.25) is 14.4 Å². The monoisotopic (exact) mass is 371 g/mol. The molecule has 0 bridgehead atoms. The van der Waals surface area contributed by atoms with Crippen LogP contribution in [-0.2, 0) is 20.7 Å². The van der Waals surface area contributed by atoms with E-state index in [-0.39, 0.29) is 30.3 Å². The molecule has 0 radical (unpaired) electrons. The topological polar surface area (TPSA) is 101 Å². The van der Waals surface area contributed by atoms with Gasteiger partial charge in [0.25, 0.3) is 11.5 Å². The molecule has 1 atom stereocenters. The van der Waals surface area contributed by atoms with Gasteiger partial charge in [-0.15, -0.1) is 0 Å². The Hall–Kier alpha value is -2.70. The molecule has 0 spiro atoms. The van der Waals surface area contributed by atoms with Crippen LogP contribution in [0.25, 0.3) is 10.9 Å². The number of H-pyrrole nitrogens is 1. The number of nitrogens with zero attached hydrogens (tertiary/aromatic N) is 1. The van der Waals surface area contributed by atoms with Crippen molar-refractivity contribution in [3.05, 3.63) is 40.4 Å². The summed E-state index contributed by atoms with van der Waals surface area (Å²) in [6.45, 7) is 1.58. The van der Waals surface area contributed by atoms with Gasteiger partial charge < -0.3 is 15.0 Å². The first-order valence-electron chi connectivity index (χ1n) is 9.51. The molecule has 1 fully saturated rings. The summed E-state index contributed by atoms with van der Waals surface area (Å²) in [5.74, 6) is -0.320. The van der Waals surface area contributed by atoms with Crippen LogP contribution in [0.5, 0.6) is 0 Å². The summed E-state index contributed by atoms with van der Waals surface area (Å²) >= 11 is 0. The maximum absolute atomic E-state index is 12.2. The number of aryl methyl sites for hydroxylation is 1. The lowest BCUT2D eigenvalue weighted by atomic mass is 9.95. The Labute approximate surface area is 157 Å². The Morgan fingerprint density at radius 2 is 2.00 bits per heavy atom. The van der Waals surface area contributed by atoms with Gasteiger partial charge in [-0.1, -0.05) is 31.4 Å². The minimum Gasteiger partial charge on any atom is -0.453 e. The van der Waals surface area contributed by atoms with Crippen LogP contribution < -0.4 is 10.9 Å². The van der Waals surface area contributed by atoms with Crippen LogP contribution in [0.4, 0.5) is 0 Å². The van der Waals surface area contributed by atoms with E-state index in [1.807, 2.05) is 0 Å². The maximum Gasteiger partial charge on any atom is 0.307 e. The van der Waals surface area contributed by atoms with Crippen molar-refractivity contribution in [2.45, 2.75) is 64.0 Å². The molecular weight excluding hydrogens is 346 g/mol. The third-order valence-corrected chi connectivity index (χ3v) is 4.86. The highest BCUT2D eigenvalue weighted by atomic mass is 16.5. The number of carbonyl (C=O) groups excluding carboxylic acids is 2. The Bertz CT molecular complexity index is 871. The summed E-state index contributed by atoms with van der Waals surface area (Å²) in [7, 11) is 0. The molecular formula is C20H25N3O4. The van der Waals surface area contributed by atoms with E-state index >= 15 is 0 Å². The number of esters is 1. The number of aromatic nitrogens is 2. The summed E-state index contributed by atoms with van der Waals surface area (Å²) in [4.78, 5) is 43.3. The van der Waals surface area contributed by atoms with Gasteiger partial charge in [-0.25, -0.2) is 4.98 Å². The van der Waals surface area contributed by atoms with Crippen LogP contribution in [0.2, 0.25) is 0 Å². The van der Waals surface area contributed by atoms with Crippen LogP contribution in [0.1, 0.15) is 51.3 Å². The lowest BCUT2D eigenvalue weighted by Gasteiger charge is -2.24. The standard InChI is InChI=1S/C20H25N3O4/c1-13(19(25)21-14-7-3-2-4-8-14)27-18(24)12-11-17-22-16-10-6-5-9-15(16)20(26)23-17/h5-6,9-10,13-14H,2-4,7-8,11-12H2,1H3,(H,21,25)(H,22,23,26)/t13-/m1/s1. The normalized spacial score (nSPS) is 16.0. The molecule has 0 unspecified atom stereocenters. The summed E-state index contributed by atoms with van der Waals surface area (Å²) in [5.41, 5.74) is 0.356. The predicted molar refractivity (Wildman–Crippen MR) is 101 cm³/mol. The average Bonchev–Trinajstić information content (AvgIpc) is 2.67. The van der Waals surface area contributed by atoms with Gasteiger partial charge in [0.05, 0.1) is 17.3 Å². The lowest BCUT2D eigenvalue weighted by Crippen LogP contribution is -2.42. The van der Waals surface area contributed by atoms with Crippen LogP contribution >= 0.6 is 0 Å². The number of amides is 1. The first-order valence-corrected chi connectivity index (χ1v) is 9.51. The van der Waals surface area contributed by atoms with Gasteiger partial charge >= 0.3 is 5.97 Å². The fourth-order valence-electron chi connectivity index (χ4n) is 3.35. The van der Waals surface area contributed by atoms with Crippen molar-refractivity contribution in [3.63, 3.8) is 0 Å². The van der Waals surface area contributed by atoms with E-state index in [0.717, 1.165) is 25.7 Å². The van der Waals surface area contributed by atoms with Crippen molar-refractivity contribution < 1.29 is 14.3 Å². The van der Waals surface area contributed by atoms with Crippen molar-refractivity contribution >= 4 is 22.8 Å². The molecule has 7 heteroatoms. The number of aromatic amines is 1. The highest BCUT2D eigenvalue weighted by molar-refractivity contribution is 5.83. The van der Waals surface area contributed by atoms with Crippen LogP contribution in [0.3, 0.4) is 0 Å². The number of carbonyl (C=O) groups is 2. The van der Waals surface area contributed by atoms with E-state index < -0.39 is 12.1 Å². The molecule has 1 aromatic heterocycles. The highest BCUT2D eigenvalue weighted by Crippen LogP contribution is 2.17. The maximum atomic E-state index is 12.2. The molecule has 1 saturated carbocycles. The van der Waals surface area contributed by atoms with Gasteiger partial charge in [0.1, 0.15) is 5.82 Å². The molecule has 2 aromatic rings. The summed E-state index contributed by atoms with van der Waals surface area (Å²) in [6, 6.07) is 7.21.